The van der Waals surface area contributed by atoms with Gasteiger partial charge in [-0.1, -0.05) is 13.0 Å². The highest BCUT2D eigenvalue weighted by molar-refractivity contribution is 5.04. The van der Waals surface area contributed by atoms with Gasteiger partial charge in [-0.05, 0) is 43.9 Å². The van der Waals surface area contributed by atoms with Crippen LogP contribution >= 0.6 is 0 Å². The first-order valence-electron chi connectivity index (χ1n) is 5.35. The Morgan fingerprint density at radius 3 is 3.08 bits per heavy atom. The van der Waals surface area contributed by atoms with Crippen molar-refractivity contribution in [3.05, 3.63) is 12.7 Å². The molecule has 74 valence electrons. The van der Waals surface area contributed by atoms with Crippen molar-refractivity contribution in [2.24, 2.45) is 11.3 Å². The van der Waals surface area contributed by atoms with Crippen molar-refractivity contribution in [2.45, 2.75) is 45.1 Å². The third kappa shape index (κ3) is 1.34. The van der Waals surface area contributed by atoms with Gasteiger partial charge in [0, 0.05) is 0 Å². The van der Waals surface area contributed by atoms with Crippen molar-refractivity contribution in [2.75, 3.05) is 6.61 Å². The van der Waals surface area contributed by atoms with Crippen LogP contribution in [0.5, 0.6) is 0 Å². The topological polar surface area (TPSA) is 9.23 Å². The summed E-state index contributed by atoms with van der Waals surface area (Å²) in [4.78, 5) is 0. The molecule has 0 N–H and O–H groups in total. The molecule has 0 radical (unpaired) electrons. The van der Waals surface area contributed by atoms with Crippen LogP contribution in [-0.4, -0.2) is 12.2 Å². The second-order valence-electron chi connectivity index (χ2n) is 5.21. The Labute approximate surface area is 81.2 Å². The van der Waals surface area contributed by atoms with Crippen molar-refractivity contribution in [1.82, 2.24) is 0 Å². The van der Waals surface area contributed by atoms with Crippen LogP contribution in [-0.2, 0) is 4.74 Å². The molecule has 1 nitrogen and oxygen atoms in total. The summed E-state index contributed by atoms with van der Waals surface area (Å²) in [6.07, 6.45) is 7.09. The predicted octanol–water partition coefficient (Wildman–Crippen LogP) is 3.16. The third-order valence-electron chi connectivity index (χ3n) is 4.16. The molecule has 0 aromatic rings. The summed E-state index contributed by atoms with van der Waals surface area (Å²) < 4.78 is 5.98. The van der Waals surface area contributed by atoms with Gasteiger partial charge in [0.2, 0.25) is 0 Å². The zero-order valence-electron chi connectivity index (χ0n) is 8.81. The molecule has 0 amide bonds. The fourth-order valence-corrected chi connectivity index (χ4v) is 3.01. The molecule has 2 rings (SSSR count). The molecule has 1 saturated heterocycles. The highest BCUT2D eigenvalue weighted by Gasteiger charge is 2.52. The Bertz CT molecular complexity index is 219. The van der Waals surface area contributed by atoms with Crippen LogP contribution in [0.4, 0.5) is 0 Å². The Morgan fingerprint density at radius 1 is 1.62 bits per heavy atom. The van der Waals surface area contributed by atoms with E-state index in [1.165, 1.54) is 19.3 Å². The van der Waals surface area contributed by atoms with E-state index < -0.39 is 0 Å². The van der Waals surface area contributed by atoms with E-state index in [0.29, 0.717) is 5.41 Å². The van der Waals surface area contributed by atoms with Gasteiger partial charge in [0.15, 0.2) is 0 Å². The van der Waals surface area contributed by atoms with Gasteiger partial charge >= 0.3 is 0 Å². The van der Waals surface area contributed by atoms with Crippen LogP contribution in [0.3, 0.4) is 0 Å². The fraction of sp³-hybridized carbons (Fsp3) is 0.833. The maximum Gasteiger partial charge on any atom is 0.0686 e. The van der Waals surface area contributed by atoms with Crippen LogP contribution in [0.1, 0.15) is 39.5 Å². The summed E-state index contributed by atoms with van der Waals surface area (Å²) in [7, 11) is 0. The third-order valence-corrected chi connectivity index (χ3v) is 4.16. The van der Waals surface area contributed by atoms with Gasteiger partial charge in [0.25, 0.3) is 0 Å². The molecule has 2 bridgehead atoms. The lowest BCUT2D eigenvalue weighted by Gasteiger charge is -2.39. The molecule has 2 aliphatic rings. The average Bonchev–Trinajstić information content (AvgIpc) is 2.37. The van der Waals surface area contributed by atoms with Gasteiger partial charge in [-0.25, -0.2) is 0 Å². The van der Waals surface area contributed by atoms with Crippen LogP contribution in [0, 0.1) is 11.3 Å². The molecule has 1 unspecified atom stereocenters. The van der Waals surface area contributed by atoms with Crippen LogP contribution < -0.4 is 0 Å². The van der Waals surface area contributed by atoms with Crippen molar-refractivity contribution >= 4 is 0 Å². The largest absolute Gasteiger partial charge is 0.374 e. The Morgan fingerprint density at radius 2 is 2.38 bits per heavy atom. The Hall–Kier alpha value is -0.300. The van der Waals surface area contributed by atoms with E-state index in [9.17, 15) is 0 Å². The number of hydrogen-bond donors (Lipinski definition) is 0. The van der Waals surface area contributed by atoms with E-state index >= 15 is 0 Å². The van der Waals surface area contributed by atoms with Crippen LogP contribution in [0.2, 0.25) is 0 Å². The molecule has 0 aromatic heterocycles. The monoisotopic (exact) mass is 180 g/mol. The lowest BCUT2D eigenvalue weighted by atomic mass is 9.65. The summed E-state index contributed by atoms with van der Waals surface area (Å²) >= 11 is 0. The van der Waals surface area contributed by atoms with Crippen molar-refractivity contribution in [3.8, 4) is 0 Å². The van der Waals surface area contributed by atoms with Gasteiger partial charge < -0.3 is 4.74 Å². The lowest BCUT2D eigenvalue weighted by Crippen LogP contribution is -2.37. The zero-order valence-corrected chi connectivity index (χ0v) is 8.81. The summed E-state index contributed by atoms with van der Waals surface area (Å²) in [6.45, 7) is 9.41. The minimum Gasteiger partial charge on any atom is -0.374 e. The van der Waals surface area contributed by atoms with E-state index in [1.54, 1.807) is 0 Å². The lowest BCUT2D eigenvalue weighted by molar-refractivity contribution is -0.0233. The first-order chi connectivity index (χ1) is 6.10. The summed E-state index contributed by atoms with van der Waals surface area (Å²) in [5, 5.41) is 0. The molecule has 1 saturated carbocycles. The Kier molecular flexibility index (Phi) is 2.03. The maximum atomic E-state index is 5.98. The Balaban J connectivity index is 2.17. The summed E-state index contributed by atoms with van der Waals surface area (Å²) in [5.74, 6) is 0.730. The van der Waals surface area contributed by atoms with Gasteiger partial charge in [-0.3, -0.25) is 0 Å². The molecule has 2 fully saturated rings. The first kappa shape index (κ1) is 9.26. The smallest absolute Gasteiger partial charge is 0.0686 e. The molecule has 0 spiro atoms. The van der Waals surface area contributed by atoms with Crippen molar-refractivity contribution in [3.63, 3.8) is 0 Å². The molecule has 1 heteroatoms. The average molecular weight is 180 g/mol. The number of ether oxygens (including phenoxy) is 1. The summed E-state index contributed by atoms with van der Waals surface area (Å²) in [5.41, 5.74) is 0.615. The molecule has 3 atom stereocenters. The first-order valence-corrected chi connectivity index (χ1v) is 5.35. The molecule has 0 aromatic carbocycles. The predicted molar refractivity (Wildman–Crippen MR) is 54.6 cm³/mol. The van der Waals surface area contributed by atoms with E-state index in [0.717, 1.165) is 18.9 Å². The molecule has 1 heterocycles. The molecular weight excluding hydrogens is 160 g/mol. The van der Waals surface area contributed by atoms with Gasteiger partial charge in [-0.15, -0.1) is 6.58 Å². The number of rotatable bonds is 2. The van der Waals surface area contributed by atoms with Gasteiger partial charge in [0.1, 0.15) is 0 Å². The summed E-state index contributed by atoms with van der Waals surface area (Å²) in [6, 6.07) is 0. The molecule has 1 aliphatic heterocycles. The highest BCUT2D eigenvalue weighted by atomic mass is 16.5. The van der Waals surface area contributed by atoms with Gasteiger partial charge in [-0.2, -0.15) is 0 Å². The van der Waals surface area contributed by atoms with Gasteiger partial charge in [0.05, 0.1) is 12.2 Å². The van der Waals surface area contributed by atoms with Crippen molar-refractivity contribution in [1.29, 1.82) is 0 Å². The number of hydrogen-bond acceptors (Lipinski definition) is 1. The SMILES string of the molecule is C=CC[C@]12CC[C@H](C)C(C)(C1)OC2. The number of allylic oxidation sites excluding steroid dienone is 1. The van der Waals surface area contributed by atoms with E-state index in [1.807, 2.05) is 0 Å². The standard InChI is InChI=1S/C12H20O/c1-4-6-12-7-5-10(2)11(3,8-12)13-9-12/h4,10H,1,5-9H2,2-3H3/t10-,11?,12-/m0/s1. The highest BCUT2D eigenvalue weighted by Crippen LogP contribution is 2.54. The molecular formula is C12H20O. The zero-order chi connectivity index (χ0) is 9.53. The second kappa shape index (κ2) is 2.84. The van der Waals surface area contributed by atoms with E-state index in [2.05, 4.69) is 26.5 Å². The van der Waals surface area contributed by atoms with Crippen LogP contribution in [0.25, 0.3) is 0 Å². The molecule has 1 aliphatic carbocycles. The maximum absolute atomic E-state index is 5.98. The van der Waals surface area contributed by atoms with E-state index in [4.69, 9.17) is 4.74 Å². The normalized spacial score (nSPS) is 49.2. The fourth-order valence-electron chi connectivity index (χ4n) is 3.01. The quantitative estimate of drug-likeness (QED) is 0.593. The van der Waals surface area contributed by atoms with E-state index in [-0.39, 0.29) is 5.60 Å². The minimum atomic E-state index is 0.168. The molecule has 13 heavy (non-hydrogen) atoms. The van der Waals surface area contributed by atoms with Crippen LogP contribution in [0.15, 0.2) is 12.7 Å². The van der Waals surface area contributed by atoms with Crippen molar-refractivity contribution < 1.29 is 4.74 Å². The number of fused-ring (bicyclic) bond motifs is 2. The second-order valence-corrected chi connectivity index (χ2v) is 5.21. The minimum absolute atomic E-state index is 0.168.